The zero-order valence-corrected chi connectivity index (χ0v) is 14.2. The smallest absolute Gasteiger partial charge is 0.223 e. The van der Waals surface area contributed by atoms with Crippen molar-refractivity contribution in [1.29, 1.82) is 0 Å². The van der Waals surface area contributed by atoms with Crippen molar-refractivity contribution in [3.05, 3.63) is 52.3 Å². The highest BCUT2D eigenvalue weighted by atomic mass is 79.9. The molecule has 0 spiro atoms. The zero-order chi connectivity index (χ0) is 15.5. The van der Waals surface area contributed by atoms with Crippen LogP contribution in [-0.4, -0.2) is 22.2 Å². The SMILES string of the molecule is Cc1cnn(CCCNC(=O)C2CC2c2cccc(Br)c2)c1. The molecule has 1 aromatic carbocycles. The Morgan fingerprint density at radius 1 is 1.50 bits per heavy atom. The third-order valence-electron chi connectivity index (χ3n) is 4.03. The molecule has 1 amide bonds. The molecule has 1 aliphatic carbocycles. The average molecular weight is 362 g/mol. The fraction of sp³-hybridized carbons (Fsp3) is 0.412. The lowest BCUT2D eigenvalue weighted by Gasteiger charge is -2.06. The standard InChI is InChI=1S/C17H20BrN3O/c1-12-10-20-21(11-12)7-3-6-19-17(22)16-9-15(16)13-4-2-5-14(18)8-13/h2,4-5,8,10-11,15-16H,3,6-7,9H2,1H3,(H,19,22). The van der Waals surface area contributed by atoms with E-state index in [1.54, 1.807) is 0 Å². The molecular formula is C17H20BrN3O. The summed E-state index contributed by atoms with van der Waals surface area (Å²) in [6.07, 6.45) is 5.74. The Labute approximate surface area is 139 Å². The van der Waals surface area contributed by atoms with Gasteiger partial charge < -0.3 is 5.32 Å². The van der Waals surface area contributed by atoms with Crippen molar-refractivity contribution < 1.29 is 4.79 Å². The lowest BCUT2D eigenvalue weighted by Crippen LogP contribution is -2.27. The molecule has 1 aromatic heterocycles. The molecule has 4 nitrogen and oxygen atoms in total. The summed E-state index contributed by atoms with van der Waals surface area (Å²) in [4.78, 5) is 12.1. The molecule has 1 saturated carbocycles. The summed E-state index contributed by atoms with van der Waals surface area (Å²) < 4.78 is 2.99. The van der Waals surface area contributed by atoms with Crippen molar-refractivity contribution in [2.45, 2.75) is 32.2 Å². The van der Waals surface area contributed by atoms with Gasteiger partial charge in [-0.25, -0.2) is 0 Å². The first kappa shape index (κ1) is 15.3. The second kappa shape index (κ2) is 6.65. The number of carbonyl (C=O) groups excluding carboxylic acids is 1. The predicted molar refractivity (Wildman–Crippen MR) is 89.6 cm³/mol. The number of benzene rings is 1. The van der Waals surface area contributed by atoms with Gasteiger partial charge in [-0.3, -0.25) is 9.48 Å². The highest BCUT2D eigenvalue weighted by Gasteiger charge is 2.43. The first-order valence-electron chi connectivity index (χ1n) is 7.66. The van der Waals surface area contributed by atoms with Crippen molar-refractivity contribution in [2.75, 3.05) is 6.54 Å². The largest absolute Gasteiger partial charge is 0.356 e. The van der Waals surface area contributed by atoms with Crippen molar-refractivity contribution in [3.8, 4) is 0 Å². The highest BCUT2D eigenvalue weighted by molar-refractivity contribution is 9.10. The molecule has 0 bridgehead atoms. The topological polar surface area (TPSA) is 46.9 Å². The third kappa shape index (κ3) is 3.77. The Kier molecular flexibility index (Phi) is 4.62. The molecule has 2 atom stereocenters. The van der Waals surface area contributed by atoms with Gasteiger partial charge in [-0.05, 0) is 48.9 Å². The molecular weight excluding hydrogens is 342 g/mol. The number of rotatable bonds is 6. The molecule has 0 saturated heterocycles. The molecule has 22 heavy (non-hydrogen) atoms. The Morgan fingerprint density at radius 2 is 2.36 bits per heavy atom. The van der Waals surface area contributed by atoms with Crippen LogP contribution in [0.15, 0.2) is 41.1 Å². The van der Waals surface area contributed by atoms with E-state index >= 15 is 0 Å². The third-order valence-corrected chi connectivity index (χ3v) is 4.52. The molecule has 3 rings (SSSR count). The Bertz CT molecular complexity index is 667. The Morgan fingerprint density at radius 3 is 3.09 bits per heavy atom. The number of halogens is 1. The summed E-state index contributed by atoms with van der Waals surface area (Å²) in [7, 11) is 0. The van der Waals surface area contributed by atoms with E-state index in [9.17, 15) is 4.79 Å². The minimum absolute atomic E-state index is 0.140. The number of carbonyl (C=O) groups is 1. The number of hydrogen-bond acceptors (Lipinski definition) is 2. The lowest BCUT2D eigenvalue weighted by atomic mass is 10.1. The Balaban J connectivity index is 1.40. The summed E-state index contributed by atoms with van der Waals surface area (Å²) in [5.74, 6) is 0.703. The summed E-state index contributed by atoms with van der Waals surface area (Å²) in [5, 5.41) is 7.28. The van der Waals surface area contributed by atoms with Gasteiger partial charge in [0.1, 0.15) is 0 Å². The van der Waals surface area contributed by atoms with Crippen LogP contribution in [0.5, 0.6) is 0 Å². The molecule has 1 aliphatic rings. The van der Waals surface area contributed by atoms with E-state index in [0.29, 0.717) is 12.5 Å². The van der Waals surface area contributed by atoms with Gasteiger partial charge in [0.15, 0.2) is 0 Å². The summed E-state index contributed by atoms with van der Waals surface area (Å²) >= 11 is 3.48. The van der Waals surface area contributed by atoms with Crippen LogP contribution in [0.2, 0.25) is 0 Å². The van der Waals surface area contributed by atoms with Crippen LogP contribution in [0, 0.1) is 12.8 Å². The minimum atomic E-state index is 0.140. The van der Waals surface area contributed by atoms with Gasteiger partial charge in [0.05, 0.1) is 6.20 Å². The molecule has 0 radical (unpaired) electrons. The summed E-state index contributed by atoms with van der Waals surface area (Å²) in [6, 6.07) is 8.25. The molecule has 2 aromatic rings. The minimum Gasteiger partial charge on any atom is -0.356 e. The molecule has 2 unspecified atom stereocenters. The van der Waals surface area contributed by atoms with E-state index < -0.39 is 0 Å². The van der Waals surface area contributed by atoms with Gasteiger partial charge >= 0.3 is 0 Å². The maximum Gasteiger partial charge on any atom is 0.223 e. The molecule has 1 fully saturated rings. The number of hydrogen-bond donors (Lipinski definition) is 1. The van der Waals surface area contributed by atoms with Crippen LogP contribution in [-0.2, 0) is 11.3 Å². The van der Waals surface area contributed by atoms with Gasteiger partial charge in [0, 0.05) is 29.7 Å². The van der Waals surface area contributed by atoms with E-state index in [1.807, 2.05) is 36.1 Å². The van der Waals surface area contributed by atoms with Crippen molar-refractivity contribution in [3.63, 3.8) is 0 Å². The lowest BCUT2D eigenvalue weighted by molar-refractivity contribution is -0.122. The van der Waals surface area contributed by atoms with Crippen LogP contribution < -0.4 is 5.32 Å². The van der Waals surface area contributed by atoms with Gasteiger partial charge in [-0.15, -0.1) is 0 Å². The van der Waals surface area contributed by atoms with Gasteiger partial charge in [0.25, 0.3) is 0 Å². The van der Waals surface area contributed by atoms with E-state index in [2.05, 4.69) is 38.5 Å². The average Bonchev–Trinajstić information content (AvgIpc) is 3.20. The van der Waals surface area contributed by atoms with Crippen molar-refractivity contribution in [2.24, 2.45) is 5.92 Å². The Hall–Kier alpha value is -1.62. The zero-order valence-electron chi connectivity index (χ0n) is 12.6. The molecule has 1 heterocycles. The van der Waals surface area contributed by atoms with Crippen LogP contribution in [0.1, 0.15) is 29.9 Å². The van der Waals surface area contributed by atoms with Crippen LogP contribution in [0.3, 0.4) is 0 Å². The fourth-order valence-electron chi connectivity index (χ4n) is 2.76. The predicted octanol–water partition coefficient (Wildman–Crippen LogP) is 3.26. The second-order valence-corrected chi connectivity index (χ2v) is 6.84. The van der Waals surface area contributed by atoms with E-state index in [4.69, 9.17) is 0 Å². The van der Waals surface area contributed by atoms with E-state index in [0.717, 1.165) is 23.9 Å². The number of aromatic nitrogens is 2. The van der Waals surface area contributed by atoms with Crippen LogP contribution in [0.4, 0.5) is 0 Å². The summed E-state index contributed by atoms with van der Waals surface area (Å²) in [6.45, 7) is 3.58. The fourth-order valence-corrected chi connectivity index (χ4v) is 3.18. The first-order valence-corrected chi connectivity index (χ1v) is 8.45. The van der Waals surface area contributed by atoms with Crippen molar-refractivity contribution in [1.82, 2.24) is 15.1 Å². The molecule has 1 N–H and O–H groups in total. The number of amides is 1. The van der Waals surface area contributed by atoms with Gasteiger partial charge in [-0.2, -0.15) is 5.10 Å². The molecule has 5 heteroatoms. The van der Waals surface area contributed by atoms with Crippen molar-refractivity contribution >= 4 is 21.8 Å². The quantitative estimate of drug-likeness (QED) is 0.802. The first-order chi connectivity index (χ1) is 10.6. The normalized spacial score (nSPS) is 19.9. The number of aryl methyl sites for hydroxylation is 2. The highest BCUT2D eigenvalue weighted by Crippen LogP contribution is 2.47. The maximum absolute atomic E-state index is 12.1. The molecule has 0 aliphatic heterocycles. The van der Waals surface area contributed by atoms with Gasteiger partial charge in [-0.1, -0.05) is 28.1 Å². The second-order valence-electron chi connectivity index (χ2n) is 5.93. The number of nitrogens with one attached hydrogen (secondary N) is 1. The van der Waals surface area contributed by atoms with Gasteiger partial charge in [0.2, 0.25) is 5.91 Å². The molecule has 116 valence electrons. The van der Waals surface area contributed by atoms with E-state index in [-0.39, 0.29) is 11.8 Å². The summed E-state index contributed by atoms with van der Waals surface area (Å²) in [5.41, 5.74) is 2.42. The van der Waals surface area contributed by atoms with Crippen LogP contribution in [0.25, 0.3) is 0 Å². The monoisotopic (exact) mass is 361 g/mol. The van der Waals surface area contributed by atoms with E-state index in [1.165, 1.54) is 11.1 Å². The van der Waals surface area contributed by atoms with Crippen LogP contribution >= 0.6 is 15.9 Å². The maximum atomic E-state index is 12.1. The number of nitrogens with zero attached hydrogens (tertiary/aromatic N) is 2.